The number of carbonyl (C=O) groups is 2. The zero-order chi connectivity index (χ0) is 13.7. The van der Waals surface area contributed by atoms with Crippen molar-refractivity contribution in [2.24, 2.45) is 5.92 Å². The van der Waals surface area contributed by atoms with Crippen molar-refractivity contribution in [1.29, 1.82) is 0 Å². The van der Waals surface area contributed by atoms with Gasteiger partial charge in [0.2, 0.25) is 0 Å². The second-order valence-corrected chi connectivity index (χ2v) is 5.47. The summed E-state index contributed by atoms with van der Waals surface area (Å²) in [6.45, 7) is 1.60. The van der Waals surface area contributed by atoms with E-state index in [-0.39, 0.29) is 6.54 Å². The third-order valence-corrected chi connectivity index (χ3v) is 3.32. The van der Waals surface area contributed by atoms with Gasteiger partial charge in [-0.1, -0.05) is 22.9 Å². The molecule has 1 unspecified atom stereocenters. The molecular formula is C11H12Br2N2O3. The van der Waals surface area contributed by atoms with E-state index in [9.17, 15) is 9.59 Å². The van der Waals surface area contributed by atoms with Gasteiger partial charge < -0.3 is 15.7 Å². The fraction of sp³-hybridized carbons (Fsp3) is 0.273. The van der Waals surface area contributed by atoms with Gasteiger partial charge in [-0.3, -0.25) is 4.79 Å². The Kier molecular flexibility index (Phi) is 5.61. The number of aliphatic carboxylic acids is 1. The summed E-state index contributed by atoms with van der Waals surface area (Å²) in [6, 6.07) is 4.88. The zero-order valence-electron chi connectivity index (χ0n) is 9.54. The van der Waals surface area contributed by atoms with E-state index >= 15 is 0 Å². The van der Waals surface area contributed by atoms with Gasteiger partial charge in [-0.05, 0) is 34.1 Å². The van der Waals surface area contributed by atoms with Crippen LogP contribution in [-0.4, -0.2) is 23.7 Å². The van der Waals surface area contributed by atoms with Gasteiger partial charge in [0, 0.05) is 15.5 Å². The lowest BCUT2D eigenvalue weighted by atomic mass is 10.2. The maximum Gasteiger partial charge on any atom is 0.319 e. The number of hydrogen-bond acceptors (Lipinski definition) is 2. The fourth-order valence-corrected chi connectivity index (χ4v) is 2.24. The number of carboxylic acid groups (broad SMARTS) is 1. The Morgan fingerprint density at radius 3 is 2.61 bits per heavy atom. The minimum atomic E-state index is -0.944. The van der Waals surface area contributed by atoms with Crippen molar-refractivity contribution in [2.45, 2.75) is 6.92 Å². The van der Waals surface area contributed by atoms with E-state index < -0.39 is 17.9 Å². The Morgan fingerprint density at radius 2 is 2.06 bits per heavy atom. The normalized spacial score (nSPS) is 11.7. The molecule has 3 N–H and O–H groups in total. The summed E-state index contributed by atoms with van der Waals surface area (Å²) >= 11 is 6.62. The number of benzene rings is 1. The van der Waals surface area contributed by atoms with Crippen LogP contribution in [0.1, 0.15) is 6.92 Å². The second-order valence-electron chi connectivity index (χ2n) is 3.70. The molecule has 0 spiro atoms. The fourth-order valence-electron chi connectivity index (χ4n) is 1.09. The Labute approximate surface area is 121 Å². The Balaban J connectivity index is 2.52. The SMILES string of the molecule is CC(CNC(=O)Nc1ccc(Br)cc1Br)C(=O)O. The first kappa shape index (κ1) is 15.0. The molecule has 0 aliphatic rings. The average Bonchev–Trinajstić information content (AvgIpc) is 2.29. The minimum Gasteiger partial charge on any atom is -0.481 e. The van der Waals surface area contributed by atoms with Gasteiger partial charge in [0.1, 0.15) is 0 Å². The molecule has 98 valence electrons. The van der Waals surface area contributed by atoms with Crippen molar-refractivity contribution >= 4 is 49.5 Å². The molecule has 0 heterocycles. The molecule has 0 aliphatic carbocycles. The van der Waals surface area contributed by atoms with Crippen molar-refractivity contribution in [1.82, 2.24) is 5.32 Å². The summed E-state index contributed by atoms with van der Waals surface area (Å²) in [5.74, 6) is -1.57. The van der Waals surface area contributed by atoms with E-state index in [1.165, 1.54) is 6.92 Å². The van der Waals surface area contributed by atoms with E-state index in [2.05, 4.69) is 42.5 Å². The largest absolute Gasteiger partial charge is 0.481 e. The first-order valence-electron chi connectivity index (χ1n) is 5.13. The predicted molar refractivity (Wildman–Crippen MR) is 75.7 cm³/mol. The number of nitrogens with one attached hydrogen (secondary N) is 2. The molecule has 0 radical (unpaired) electrons. The van der Waals surface area contributed by atoms with Crippen LogP contribution in [0.2, 0.25) is 0 Å². The van der Waals surface area contributed by atoms with Crippen LogP contribution >= 0.6 is 31.9 Å². The highest BCUT2D eigenvalue weighted by molar-refractivity contribution is 9.11. The number of urea groups is 1. The Bertz CT molecular complexity index is 466. The maximum atomic E-state index is 11.5. The number of rotatable bonds is 4. The first-order chi connectivity index (χ1) is 8.40. The predicted octanol–water partition coefficient (Wildman–Crippen LogP) is 3.05. The highest BCUT2D eigenvalue weighted by Crippen LogP contribution is 2.25. The van der Waals surface area contributed by atoms with Crippen LogP contribution in [0.15, 0.2) is 27.1 Å². The van der Waals surface area contributed by atoms with E-state index in [4.69, 9.17) is 5.11 Å². The molecule has 0 saturated carbocycles. The van der Waals surface area contributed by atoms with Crippen LogP contribution in [0.3, 0.4) is 0 Å². The van der Waals surface area contributed by atoms with E-state index in [0.29, 0.717) is 5.69 Å². The molecule has 1 rings (SSSR count). The third-order valence-electron chi connectivity index (χ3n) is 2.17. The van der Waals surface area contributed by atoms with Gasteiger partial charge in [0.15, 0.2) is 0 Å². The molecule has 1 aromatic carbocycles. The minimum absolute atomic E-state index is 0.0787. The molecule has 18 heavy (non-hydrogen) atoms. The molecule has 2 amide bonds. The molecular weight excluding hydrogens is 368 g/mol. The van der Waals surface area contributed by atoms with Gasteiger partial charge in [-0.15, -0.1) is 0 Å². The van der Waals surface area contributed by atoms with Gasteiger partial charge in [-0.25, -0.2) is 4.79 Å². The van der Waals surface area contributed by atoms with Gasteiger partial charge >= 0.3 is 12.0 Å². The molecule has 1 atom stereocenters. The molecule has 0 aliphatic heterocycles. The Morgan fingerprint density at radius 1 is 1.39 bits per heavy atom. The lowest BCUT2D eigenvalue weighted by Crippen LogP contribution is -2.34. The number of carboxylic acids is 1. The smallest absolute Gasteiger partial charge is 0.319 e. The number of anilines is 1. The summed E-state index contributed by atoms with van der Waals surface area (Å²) in [4.78, 5) is 22.1. The molecule has 5 nitrogen and oxygen atoms in total. The Hall–Kier alpha value is -1.08. The molecule has 1 aromatic rings. The molecule has 0 fully saturated rings. The lowest BCUT2D eigenvalue weighted by Gasteiger charge is -2.11. The summed E-state index contributed by atoms with van der Waals surface area (Å²) in [7, 11) is 0. The molecule has 7 heteroatoms. The maximum absolute atomic E-state index is 11.5. The second kappa shape index (κ2) is 6.75. The van der Waals surface area contributed by atoms with Crippen molar-refractivity contribution in [3.05, 3.63) is 27.1 Å². The topological polar surface area (TPSA) is 78.4 Å². The van der Waals surface area contributed by atoms with Crippen LogP contribution in [0.4, 0.5) is 10.5 Å². The molecule has 0 aromatic heterocycles. The molecule has 0 saturated heterocycles. The van der Waals surface area contributed by atoms with Crippen LogP contribution in [0.25, 0.3) is 0 Å². The van der Waals surface area contributed by atoms with Crippen LogP contribution < -0.4 is 10.6 Å². The highest BCUT2D eigenvalue weighted by atomic mass is 79.9. The number of halogens is 2. The standard InChI is InChI=1S/C11H12Br2N2O3/c1-6(10(16)17)5-14-11(18)15-9-3-2-7(12)4-8(9)13/h2-4,6H,5H2,1H3,(H,16,17)(H2,14,15,18). The number of carbonyl (C=O) groups excluding carboxylic acids is 1. The average molecular weight is 380 g/mol. The van der Waals surface area contributed by atoms with Crippen molar-refractivity contribution in [3.63, 3.8) is 0 Å². The van der Waals surface area contributed by atoms with Crippen molar-refractivity contribution < 1.29 is 14.7 Å². The van der Waals surface area contributed by atoms with Gasteiger partial charge in [0.25, 0.3) is 0 Å². The summed E-state index contributed by atoms with van der Waals surface area (Å²) in [5, 5.41) is 13.8. The monoisotopic (exact) mass is 378 g/mol. The van der Waals surface area contributed by atoms with Crippen molar-refractivity contribution in [3.8, 4) is 0 Å². The van der Waals surface area contributed by atoms with E-state index in [1.54, 1.807) is 18.2 Å². The van der Waals surface area contributed by atoms with Crippen molar-refractivity contribution in [2.75, 3.05) is 11.9 Å². The van der Waals surface area contributed by atoms with E-state index in [0.717, 1.165) is 8.95 Å². The lowest BCUT2D eigenvalue weighted by molar-refractivity contribution is -0.140. The van der Waals surface area contributed by atoms with Crippen LogP contribution in [-0.2, 0) is 4.79 Å². The van der Waals surface area contributed by atoms with E-state index in [1.807, 2.05) is 0 Å². The summed E-state index contributed by atoms with van der Waals surface area (Å²) < 4.78 is 1.62. The quantitative estimate of drug-likeness (QED) is 0.752. The van der Waals surface area contributed by atoms with Crippen LogP contribution in [0.5, 0.6) is 0 Å². The van der Waals surface area contributed by atoms with Gasteiger partial charge in [-0.2, -0.15) is 0 Å². The van der Waals surface area contributed by atoms with Crippen LogP contribution in [0, 0.1) is 5.92 Å². The molecule has 0 bridgehead atoms. The summed E-state index contributed by atoms with van der Waals surface area (Å²) in [5.41, 5.74) is 0.610. The zero-order valence-corrected chi connectivity index (χ0v) is 12.7. The highest BCUT2D eigenvalue weighted by Gasteiger charge is 2.12. The number of hydrogen-bond donors (Lipinski definition) is 3. The third kappa shape index (κ3) is 4.66. The van der Waals surface area contributed by atoms with Gasteiger partial charge in [0.05, 0.1) is 11.6 Å². The first-order valence-corrected chi connectivity index (χ1v) is 6.71. The summed E-state index contributed by atoms with van der Waals surface area (Å²) in [6.07, 6.45) is 0. The number of amides is 2.